The number of aryl methyl sites for hydroxylation is 1. The van der Waals surface area contributed by atoms with E-state index in [1.54, 1.807) is 13.0 Å². The third-order valence-electron chi connectivity index (χ3n) is 2.80. The van der Waals surface area contributed by atoms with Crippen molar-refractivity contribution in [1.82, 2.24) is 15.5 Å². The topological polar surface area (TPSA) is 51.0 Å². The fourth-order valence-electron chi connectivity index (χ4n) is 1.81. The van der Waals surface area contributed by atoms with E-state index in [0.717, 1.165) is 16.6 Å². The van der Waals surface area contributed by atoms with Crippen molar-refractivity contribution in [3.63, 3.8) is 0 Å². The molecule has 1 N–H and O–H groups in total. The summed E-state index contributed by atoms with van der Waals surface area (Å²) in [5.41, 5.74) is 1.02. The zero-order chi connectivity index (χ0) is 13.8. The van der Waals surface area contributed by atoms with E-state index >= 15 is 0 Å². The van der Waals surface area contributed by atoms with Crippen molar-refractivity contribution >= 4 is 15.9 Å². The van der Waals surface area contributed by atoms with Gasteiger partial charge in [-0.2, -0.15) is 4.98 Å². The Morgan fingerprint density at radius 3 is 2.89 bits per heavy atom. The molecule has 1 aromatic carbocycles. The Bertz CT molecular complexity index is 559. The number of hydrogen-bond donors (Lipinski definition) is 1. The molecule has 0 amide bonds. The van der Waals surface area contributed by atoms with E-state index in [4.69, 9.17) is 4.52 Å². The van der Waals surface area contributed by atoms with Crippen molar-refractivity contribution in [1.29, 1.82) is 0 Å². The predicted octanol–water partition coefficient (Wildman–Crippen LogP) is 3.17. The van der Waals surface area contributed by atoms with Crippen LogP contribution >= 0.6 is 15.9 Å². The van der Waals surface area contributed by atoms with E-state index in [2.05, 4.69) is 31.4 Å². The van der Waals surface area contributed by atoms with Crippen LogP contribution in [0.2, 0.25) is 0 Å². The van der Waals surface area contributed by atoms with Crippen molar-refractivity contribution in [3.05, 3.63) is 45.8 Å². The van der Waals surface area contributed by atoms with Crippen LogP contribution < -0.4 is 5.32 Å². The van der Waals surface area contributed by atoms with Gasteiger partial charge >= 0.3 is 0 Å². The average Bonchev–Trinajstić information content (AvgIpc) is 2.75. The Balaban J connectivity index is 1.88. The Labute approximate surface area is 119 Å². The quantitative estimate of drug-likeness (QED) is 0.916. The van der Waals surface area contributed by atoms with Crippen LogP contribution in [0.15, 0.2) is 27.2 Å². The first-order valence-electron chi connectivity index (χ1n) is 6.04. The molecule has 0 fully saturated rings. The maximum atomic E-state index is 13.0. The van der Waals surface area contributed by atoms with Gasteiger partial charge in [0.2, 0.25) is 5.89 Å². The minimum atomic E-state index is -0.245. The molecule has 2 rings (SSSR count). The van der Waals surface area contributed by atoms with E-state index in [9.17, 15) is 4.39 Å². The molecule has 0 saturated carbocycles. The van der Waals surface area contributed by atoms with Crippen molar-refractivity contribution in [2.24, 2.45) is 0 Å². The number of benzene rings is 1. The van der Waals surface area contributed by atoms with Crippen LogP contribution in [0.25, 0.3) is 0 Å². The van der Waals surface area contributed by atoms with Crippen LogP contribution in [-0.2, 0) is 6.42 Å². The average molecular weight is 328 g/mol. The molecule has 0 radical (unpaired) electrons. The SMILES string of the molecule is Cc1nc(CCNC(C)c2ccc(F)cc2Br)no1. The molecule has 102 valence electrons. The van der Waals surface area contributed by atoms with E-state index in [0.29, 0.717) is 18.1 Å². The number of nitrogens with one attached hydrogen (secondary N) is 1. The molecule has 1 unspecified atom stereocenters. The van der Waals surface area contributed by atoms with Gasteiger partial charge in [-0.15, -0.1) is 0 Å². The molecule has 6 heteroatoms. The Kier molecular flexibility index (Phi) is 4.66. The van der Waals surface area contributed by atoms with Crippen LogP contribution in [0.1, 0.15) is 30.2 Å². The summed E-state index contributed by atoms with van der Waals surface area (Å²) in [5.74, 6) is 1.02. The minimum absolute atomic E-state index is 0.114. The highest BCUT2D eigenvalue weighted by Crippen LogP contribution is 2.23. The molecule has 1 heterocycles. The Morgan fingerprint density at radius 2 is 2.26 bits per heavy atom. The molecule has 4 nitrogen and oxygen atoms in total. The van der Waals surface area contributed by atoms with Gasteiger partial charge in [0.15, 0.2) is 5.82 Å². The second kappa shape index (κ2) is 6.25. The van der Waals surface area contributed by atoms with Gasteiger partial charge in [-0.25, -0.2) is 4.39 Å². The van der Waals surface area contributed by atoms with Gasteiger partial charge in [0, 0.05) is 30.4 Å². The lowest BCUT2D eigenvalue weighted by Crippen LogP contribution is -2.22. The van der Waals surface area contributed by atoms with E-state index < -0.39 is 0 Å². The number of aromatic nitrogens is 2. The van der Waals surface area contributed by atoms with Crippen molar-refractivity contribution in [2.75, 3.05) is 6.54 Å². The molecule has 2 aromatic rings. The van der Waals surface area contributed by atoms with Gasteiger partial charge in [0.25, 0.3) is 0 Å². The number of hydrogen-bond acceptors (Lipinski definition) is 4. The number of halogens is 2. The van der Waals surface area contributed by atoms with Crippen LogP contribution in [0.3, 0.4) is 0 Å². The van der Waals surface area contributed by atoms with Gasteiger partial charge in [0.1, 0.15) is 5.82 Å². The first-order valence-corrected chi connectivity index (χ1v) is 6.83. The standard InChI is InChI=1S/C13H15BrFN3O/c1-8(11-4-3-10(15)7-12(11)14)16-6-5-13-17-9(2)19-18-13/h3-4,7-8,16H,5-6H2,1-2H3. The van der Waals surface area contributed by atoms with Crippen LogP contribution in [-0.4, -0.2) is 16.7 Å². The molecule has 1 aromatic heterocycles. The molecule has 0 saturated heterocycles. The zero-order valence-corrected chi connectivity index (χ0v) is 12.4. The molecular formula is C13H15BrFN3O. The lowest BCUT2D eigenvalue weighted by molar-refractivity contribution is 0.386. The second-order valence-electron chi connectivity index (χ2n) is 4.32. The summed E-state index contributed by atoms with van der Waals surface area (Å²) in [6.07, 6.45) is 0.695. The largest absolute Gasteiger partial charge is 0.340 e. The van der Waals surface area contributed by atoms with E-state index in [1.807, 2.05) is 6.92 Å². The van der Waals surface area contributed by atoms with Gasteiger partial charge in [-0.3, -0.25) is 0 Å². The van der Waals surface area contributed by atoms with Crippen LogP contribution in [0, 0.1) is 12.7 Å². The highest BCUT2D eigenvalue weighted by Gasteiger charge is 2.10. The summed E-state index contributed by atoms with van der Waals surface area (Å²) in [6.45, 7) is 4.52. The van der Waals surface area contributed by atoms with Gasteiger partial charge in [-0.05, 0) is 24.6 Å². The molecule has 0 spiro atoms. The summed E-state index contributed by atoms with van der Waals surface area (Å²) in [7, 11) is 0. The number of rotatable bonds is 5. The number of nitrogens with zero attached hydrogens (tertiary/aromatic N) is 2. The molecule has 0 aliphatic rings. The normalized spacial score (nSPS) is 12.6. The van der Waals surface area contributed by atoms with Crippen molar-refractivity contribution in [3.8, 4) is 0 Å². The third kappa shape index (κ3) is 3.84. The molecular weight excluding hydrogens is 313 g/mol. The summed E-state index contributed by atoms with van der Waals surface area (Å²) in [6, 6.07) is 4.81. The van der Waals surface area contributed by atoms with Crippen LogP contribution in [0.5, 0.6) is 0 Å². The lowest BCUT2D eigenvalue weighted by Gasteiger charge is -2.15. The molecule has 0 aliphatic carbocycles. The lowest BCUT2D eigenvalue weighted by atomic mass is 10.1. The zero-order valence-electron chi connectivity index (χ0n) is 10.8. The second-order valence-corrected chi connectivity index (χ2v) is 5.18. The summed E-state index contributed by atoms with van der Waals surface area (Å²) in [5, 5.41) is 7.17. The first-order chi connectivity index (χ1) is 9.06. The van der Waals surface area contributed by atoms with Crippen molar-refractivity contribution in [2.45, 2.75) is 26.3 Å². The fourth-order valence-corrected chi connectivity index (χ4v) is 2.50. The van der Waals surface area contributed by atoms with Gasteiger partial charge < -0.3 is 9.84 Å². The maximum Gasteiger partial charge on any atom is 0.223 e. The first kappa shape index (κ1) is 14.1. The molecule has 0 aliphatic heterocycles. The van der Waals surface area contributed by atoms with Crippen molar-refractivity contribution < 1.29 is 8.91 Å². The Hall–Kier alpha value is -1.27. The van der Waals surface area contributed by atoms with E-state index in [1.165, 1.54) is 12.1 Å². The molecule has 1 atom stereocenters. The Morgan fingerprint density at radius 1 is 1.47 bits per heavy atom. The van der Waals surface area contributed by atoms with Gasteiger partial charge in [-0.1, -0.05) is 27.2 Å². The summed E-state index contributed by atoms with van der Waals surface area (Å²) < 4.78 is 18.7. The van der Waals surface area contributed by atoms with E-state index in [-0.39, 0.29) is 11.9 Å². The highest BCUT2D eigenvalue weighted by molar-refractivity contribution is 9.10. The van der Waals surface area contributed by atoms with Crippen LogP contribution in [0.4, 0.5) is 4.39 Å². The summed E-state index contributed by atoms with van der Waals surface area (Å²) in [4.78, 5) is 4.13. The maximum absolute atomic E-state index is 13.0. The fraction of sp³-hybridized carbons (Fsp3) is 0.385. The third-order valence-corrected chi connectivity index (χ3v) is 3.48. The molecule has 0 bridgehead atoms. The minimum Gasteiger partial charge on any atom is -0.340 e. The highest BCUT2D eigenvalue weighted by atomic mass is 79.9. The smallest absolute Gasteiger partial charge is 0.223 e. The monoisotopic (exact) mass is 327 g/mol. The molecule has 19 heavy (non-hydrogen) atoms. The summed E-state index contributed by atoms with van der Waals surface area (Å²) >= 11 is 3.37. The van der Waals surface area contributed by atoms with Gasteiger partial charge in [0.05, 0.1) is 0 Å². The predicted molar refractivity (Wildman–Crippen MR) is 73.3 cm³/mol.